The highest BCUT2D eigenvalue weighted by atomic mass is 35.5. The van der Waals surface area contributed by atoms with Crippen molar-refractivity contribution >= 4 is 39.1 Å². The van der Waals surface area contributed by atoms with Crippen molar-refractivity contribution < 1.29 is 17.6 Å². The zero-order valence-electron chi connectivity index (χ0n) is 15.0. The second-order valence-electron chi connectivity index (χ2n) is 6.51. The quantitative estimate of drug-likeness (QED) is 0.784. The Labute approximate surface area is 168 Å². The minimum Gasteiger partial charge on any atom is -0.467 e. The fraction of sp³-hybridized carbons (Fsp3) is 0.389. The van der Waals surface area contributed by atoms with Gasteiger partial charge in [0, 0.05) is 11.6 Å². The van der Waals surface area contributed by atoms with E-state index in [4.69, 9.17) is 27.6 Å². The molecule has 0 bridgehead atoms. The lowest BCUT2D eigenvalue weighted by molar-refractivity contribution is -0.124. The summed E-state index contributed by atoms with van der Waals surface area (Å²) in [6.07, 6.45) is 2.55. The molecule has 2 aromatic rings. The van der Waals surface area contributed by atoms with E-state index in [0.717, 1.165) is 0 Å². The van der Waals surface area contributed by atoms with Crippen LogP contribution in [0.1, 0.15) is 29.7 Å². The Morgan fingerprint density at radius 3 is 2.78 bits per heavy atom. The second-order valence-corrected chi connectivity index (χ2v) is 9.13. The van der Waals surface area contributed by atoms with Gasteiger partial charge in [0.1, 0.15) is 16.7 Å². The maximum Gasteiger partial charge on any atom is 0.245 e. The molecule has 1 atom stereocenters. The summed E-state index contributed by atoms with van der Waals surface area (Å²) in [6, 6.07) is 4.30. The van der Waals surface area contributed by atoms with Gasteiger partial charge in [-0.2, -0.15) is 4.31 Å². The molecule has 1 aromatic carbocycles. The number of furan rings is 1. The summed E-state index contributed by atoms with van der Waals surface area (Å²) < 4.78 is 33.0. The van der Waals surface area contributed by atoms with Crippen molar-refractivity contribution in [3.05, 3.63) is 51.4 Å². The van der Waals surface area contributed by atoms with Gasteiger partial charge < -0.3 is 9.73 Å². The minimum atomic E-state index is -3.98. The standard InChI is InChI=1S/C18H20Cl2N2O4S/c1-11-9-14(19)12(2)17(16(11)20)27(24,25)22-7-3-6-15(22)18(23)21-10-13-5-4-8-26-13/h4-5,8-9,15H,3,6-7,10H2,1-2H3,(H,21,23)/t15-/m1/s1. The average molecular weight is 431 g/mol. The largest absolute Gasteiger partial charge is 0.467 e. The number of hydrogen-bond donors (Lipinski definition) is 1. The SMILES string of the molecule is Cc1cc(Cl)c(C)c(S(=O)(=O)N2CCC[C@@H]2C(=O)NCc2ccco2)c1Cl. The highest BCUT2D eigenvalue weighted by molar-refractivity contribution is 7.89. The molecule has 3 rings (SSSR count). The maximum absolute atomic E-state index is 13.3. The van der Waals surface area contributed by atoms with E-state index in [0.29, 0.717) is 34.8 Å². The Hall–Kier alpha value is -1.54. The third-order valence-electron chi connectivity index (χ3n) is 4.68. The van der Waals surface area contributed by atoms with Crippen LogP contribution in [0.2, 0.25) is 10.0 Å². The number of halogens is 2. The number of hydrogen-bond acceptors (Lipinski definition) is 4. The van der Waals surface area contributed by atoms with Gasteiger partial charge in [-0.3, -0.25) is 4.79 Å². The molecule has 0 radical (unpaired) electrons. The van der Waals surface area contributed by atoms with E-state index in [1.165, 1.54) is 10.6 Å². The Kier molecular flexibility index (Phi) is 5.86. The number of carbonyl (C=O) groups is 1. The summed E-state index contributed by atoms with van der Waals surface area (Å²) in [4.78, 5) is 12.6. The average Bonchev–Trinajstić information content (AvgIpc) is 3.29. The Morgan fingerprint density at radius 1 is 1.37 bits per heavy atom. The zero-order chi connectivity index (χ0) is 19.8. The van der Waals surface area contributed by atoms with Gasteiger partial charge in [0.25, 0.3) is 0 Å². The van der Waals surface area contributed by atoms with Crippen LogP contribution in [0, 0.1) is 13.8 Å². The monoisotopic (exact) mass is 430 g/mol. The van der Waals surface area contributed by atoms with Crippen molar-refractivity contribution in [1.29, 1.82) is 0 Å². The lowest BCUT2D eigenvalue weighted by Crippen LogP contribution is -2.45. The first kappa shape index (κ1) is 20.2. The molecular weight excluding hydrogens is 411 g/mol. The van der Waals surface area contributed by atoms with Crippen LogP contribution >= 0.6 is 23.2 Å². The number of aryl methyl sites for hydroxylation is 1. The molecule has 1 amide bonds. The molecule has 0 aliphatic carbocycles. The van der Waals surface area contributed by atoms with Crippen LogP contribution in [0.15, 0.2) is 33.8 Å². The summed E-state index contributed by atoms with van der Waals surface area (Å²) in [5.74, 6) is 0.236. The van der Waals surface area contributed by atoms with Gasteiger partial charge in [-0.15, -0.1) is 0 Å². The van der Waals surface area contributed by atoms with Crippen LogP contribution < -0.4 is 5.32 Å². The lowest BCUT2D eigenvalue weighted by atomic mass is 10.2. The summed E-state index contributed by atoms with van der Waals surface area (Å²) in [5.41, 5.74) is 0.956. The molecule has 6 nitrogen and oxygen atoms in total. The van der Waals surface area contributed by atoms with Crippen molar-refractivity contribution in [2.24, 2.45) is 0 Å². The molecule has 1 aliphatic rings. The molecule has 1 aromatic heterocycles. The van der Waals surface area contributed by atoms with Crippen LogP contribution in [0.5, 0.6) is 0 Å². The molecule has 146 valence electrons. The van der Waals surface area contributed by atoms with Gasteiger partial charge in [-0.05, 0) is 56.0 Å². The van der Waals surface area contributed by atoms with Gasteiger partial charge in [-0.1, -0.05) is 23.2 Å². The maximum atomic E-state index is 13.3. The van der Waals surface area contributed by atoms with Crippen LogP contribution in [0.3, 0.4) is 0 Å². The number of benzene rings is 1. The summed E-state index contributed by atoms with van der Waals surface area (Å²) in [6.45, 7) is 3.77. The molecular formula is C18H20Cl2N2O4S. The molecule has 9 heteroatoms. The number of nitrogens with zero attached hydrogens (tertiary/aromatic N) is 1. The first-order valence-electron chi connectivity index (χ1n) is 8.50. The van der Waals surface area contributed by atoms with E-state index in [-0.39, 0.29) is 28.9 Å². The van der Waals surface area contributed by atoms with E-state index in [1.54, 1.807) is 32.0 Å². The van der Waals surface area contributed by atoms with E-state index in [2.05, 4.69) is 5.32 Å². The first-order valence-corrected chi connectivity index (χ1v) is 10.7. The number of amides is 1. The molecule has 27 heavy (non-hydrogen) atoms. The molecule has 0 unspecified atom stereocenters. The van der Waals surface area contributed by atoms with Crippen molar-refractivity contribution in [1.82, 2.24) is 9.62 Å². The van der Waals surface area contributed by atoms with Crippen LogP contribution in [0.25, 0.3) is 0 Å². The molecule has 2 heterocycles. The molecule has 0 spiro atoms. The number of rotatable bonds is 5. The van der Waals surface area contributed by atoms with E-state index < -0.39 is 16.1 Å². The predicted molar refractivity (Wildman–Crippen MR) is 103 cm³/mol. The number of nitrogens with one attached hydrogen (secondary N) is 1. The van der Waals surface area contributed by atoms with E-state index >= 15 is 0 Å². The van der Waals surface area contributed by atoms with Crippen LogP contribution in [-0.4, -0.2) is 31.2 Å². The third-order valence-corrected chi connectivity index (χ3v) is 7.75. The predicted octanol–water partition coefficient (Wildman–Crippen LogP) is 3.67. The normalized spacial score (nSPS) is 18.0. The summed E-state index contributed by atoms with van der Waals surface area (Å²) in [5, 5.41) is 3.20. The first-order chi connectivity index (χ1) is 12.7. The zero-order valence-corrected chi connectivity index (χ0v) is 17.3. The molecule has 1 N–H and O–H groups in total. The lowest BCUT2D eigenvalue weighted by Gasteiger charge is -2.25. The molecule has 1 aliphatic heterocycles. The van der Waals surface area contributed by atoms with E-state index in [1.807, 2.05) is 0 Å². The molecule has 1 saturated heterocycles. The summed E-state index contributed by atoms with van der Waals surface area (Å²) >= 11 is 12.5. The van der Waals surface area contributed by atoms with Crippen molar-refractivity contribution in [3.63, 3.8) is 0 Å². The van der Waals surface area contributed by atoms with E-state index in [9.17, 15) is 13.2 Å². The van der Waals surface area contributed by atoms with Gasteiger partial charge >= 0.3 is 0 Å². The fourth-order valence-electron chi connectivity index (χ4n) is 3.23. The highest BCUT2D eigenvalue weighted by Gasteiger charge is 2.41. The van der Waals surface area contributed by atoms with Crippen molar-refractivity contribution in [2.75, 3.05) is 6.54 Å². The Balaban J connectivity index is 1.89. The Bertz CT molecular complexity index is 932. The van der Waals surface area contributed by atoms with Gasteiger partial charge in [0.2, 0.25) is 15.9 Å². The van der Waals surface area contributed by atoms with Crippen molar-refractivity contribution in [2.45, 2.75) is 44.2 Å². The van der Waals surface area contributed by atoms with Crippen molar-refractivity contribution in [3.8, 4) is 0 Å². The van der Waals surface area contributed by atoms with Gasteiger partial charge in [0.05, 0.1) is 17.8 Å². The highest BCUT2D eigenvalue weighted by Crippen LogP contribution is 2.37. The van der Waals surface area contributed by atoms with Gasteiger partial charge in [0.15, 0.2) is 0 Å². The minimum absolute atomic E-state index is 0.0279. The fourth-order valence-corrected chi connectivity index (χ4v) is 6.06. The molecule has 1 fully saturated rings. The van der Waals surface area contributed by atoms with Crippen LogP contribution in [0.4, 0.5) is 0 Å². The summed E-state index contributed by atoms with van der Waals surface area (Å²) in [7, 11) is -3.98. The second kappa shape index (κ2) is 7.83. The van der Waals surface area contributed by atoms with Gasteiger partial charge in [-0.25, -0.2) is 8.42 Å². The van der Waals surface area contributed by atoms with Crippen LogP contribution in [-0.2, 0) is 21.4 Å². The topological polar surface area (TPSA) is 79.6 Å². The molecule has 0 saturated carbocycles. The smallest absolute Gasteiger partial charge is 0.245 e. The number of carbonyl (C=O) groups excluding carboxylic acids is 1. The third kappa shape index (κ3) is 3.87. The Morgan fingerprint density at radius 2 is 2.11 bits per heavy atom. The number of sulfonamides is 1.